The average Bonchev–Trinajstić information content (AvgIpc) is 3.15. The summed E-state index contributed by atoms with van der Waals surface area (Å²) in [6, 6.07) is 6.04. The zero-order valence-electron chi connectivity index (χ0n) is 21.4. The van der Waals surface area contributed by atoms with Gasteiger partial charge in [-0.1, -0.05) is 42.6 Å². The first-order valence-corrected chi connectivity index (χ1v) is 13.3. The van der Waals surface area contributed by atoms with Crippen LogP contribution >= 0.6 is 0 Å². The Morgan fingerprint density at radius 1 is 1.17 bits per heavy atom. The standard InChI is InChI=1S/C30H37FN2O3/c1-4-30(35)16-13-26-24-10-7-21-17-23(11-14-28(21,2)25(24)12-15-29(26,30)3)33-36-19-27(34)32-18-20-5-8-22(31)9-6-20/h1,5-6,8-9,17,24-26,35H,7,10-16,18-19H2,2-3H3,(H,32,34)/t24-,25+,26-,28+,29+,30-/m1/s1. The molecule has 6 heteroatoms. The van der Waals surface area contributed by atoms with E-state index in [9.17, 15) is 14.3 Å². The van der Waals surface area contributed by atoms with Crippen molar-refractivity contribution in [1.29, 1.82) is 0 Å². The molecule has 0 unspecified atom stereocenters. The van der Waals surface area contributed by atoms with Gasteiger partial charge in [0.05, 0.1) is 5.71 Å². The maximum Gasteiger partial charge on any atom is 0.261 e. The highest BCUT2D eigenvalue weighted by Gasteiger charge is 2.63. The van der Waals surface area contributed by atoms with Crippen LogP contribution in [0.3, 0.4) is 0 Å². The molecule has 0 spiro atoms. The number of nitrogens with zero attached hydrogens (tertiary/aromatic N) is 1. The molecule has 0 aromatic heterocycles. The molecule has 0 bridgehead atoms. The highest BCUT2D eigenvalue weighted by molar-refractivity contribution is 5.96. The van der Waals surface area contributed by atoms with Crippen molar-refractivity contribution in [3.05, 3.63) is 47.3 Å². The number of nitrogens with one attached hydrogen (secondary N) is 1. The lowest BCUT2D eigenvalue weighted by Crippen LogP contribution is -2.54. The predicted molar refractivity (Wildman–Crippen MR) is 137 cm³/mol. The summed E-state index contributed by atoms with van der Waals surface area (Å²) < 4.78 is 13.0. The molecule has 4 aliphatic rings. The minimum atomic E-state index is -0.964. The molecule has 5 rings (SSSR count). The Labute approximate surface area is 213 Å². The van der Waals surface area contributed by atoms with Gasteiger partial charge in [0.15, 0.2) is 6.61 Å². The van der Waals surface area contributed by atoms with Gasteiger partial charge in [-0.15, -0.1) is 6.42 Å². The quantitative estimate of drug-likeness (QED) is 0.442. The third-order valence-electron chi connectivity index (χ3n) is 10.1. The molecule has 0 aliphatic heterocycles. The van der Waals surface area contributed by atoms with E-state index < -0.39 is 5.60 Å². The molecule has 0 saturated heterocycles. The maximum absolute atomic E-state index is 13.0. The highest BCUT2D eigenvalue weighted by Crippen LogP contribution is 2.67. The van der Waals surface area contributed by atoms with Crippen molar-refractivity contribution in [3.8, 4) is 12.3 Å². The summed E-state index contributed by atoms with van der Waals surface area (Å²) in [5, 5.41) is 18.2. The highest BCUT2D eigenvalue weighted by atomic mass is 19.1. The van der Waals surface area contributed by atoms with Crippen molar-refractivity contribution in [2.75, 3.05) is 6.61 Å². The Bertz CT molecular complexity index is 1120. The summed E-state index contributed by atoms with van der Waals surface area (Å²) in [6.07, 6.45) is 15.9. The molecular weight excluding hydrogens is 455 g/mol. The van der Waals surface area contributed by atoms with Crippen molar-refractivity contribution in [2.24, 2.45) is 33.7 Å². The van der Waals surface area contributed by atoms with Crippen LogP contribution in [-0.2, 0) is 16.2 Å². The number of hydrogen-bond acceptors (Lipinski definition) is 4. The number of terminal acetylenes is 1. The second-order valence-electron chi connectivity index (χ2n) is 11.8. The second-order valence-corrected chi connectivity index (χ2v) is 11.8. The van der Waals surface area contributed by atoms with Crippen LogP contribution in [0.1, 0.15) is 70.8 Å². The number of halogens is 1. The Morgan fingerprint density at radius 3 is 2.67 bits per heavy atom. The molecule has 6 atom stereocenters. The molecule has 4 aliphatic carbocycles. The van der Waals surface area contributed by atoms with E-state index in [1.807, 2.05) is 0 Å². The number of carbonyl (C=O) groups excluding carboxylic acids is 1. The molecule has 192 valence electrons. The number of benzene rings is 1. The summed E-state index contributed by atoms with van der Waals surface area (Å²) in [4.78, 5) is 17.5. The Kier molecular flexibility index (Phi) is 6.49. The predicted octanol–water partition coefficient (Wildman–Crippen LogP) is 5.14. The molecule has 0 heterocycles. The van der Waals surface area contributed by atoms with Crippen LogP contribution in [0.4, 0.5) is 4.39 Å². The molecule has 1 aromatic rings. The third-order valence-corrected chi connectivity index (χ3v) is 10.1. The van der Waals surface area contributed by atoms with E-state index in [0.29, 0.717) is 24.3 Å². The van der Waals surface area contributed by atoms with Gasteiger partial charge in [0.25, 0.3) is 5.91 Å². The van der Waals surface area contributed by atoms with Crippen molar-refractivity contribution in [2.45, 2.75) is 77.4 Å². The average molecular weight is 493 g/mol. The Balaban J connectivity index is 1.19. The number of fused-ring (bicyclic) bond motifs is 5. The third kappa shape index (κ3) is 4.16. The zero-order chi connectivity index (χ0) is 25.6. The minimum absolute atomic E-state index is 0.145. The van der Waals surface area contributed by atoms with Gasteiger partial charge in [0, 0.05) is 12.0 Å². The van der Waals surface area contributed by atoms with Gasteiger partial charge in [-0.25, -0.2) is 4.39 Å². The summed E-state index contributed by atoms with van der Waals surface area (Å²) in [7, 11) is 0. The monoisotopic (exact) mass is 492 g/mol. The molecule has 1 amide bonds. The molecule has 3 fully saturated rings. The number of rotatable bonds is 5. The smallest absolute Gasteiger partial charge is 0.261 e. The van der Waals surface area contributed by atoms with Crippen LogP contribution in [0, 0.1) is 46.7 Å². The molecule has 3 saturated carbocycles. The first-order chi connectivity index (χ1) is 17.2. The first kappa shape index (κ1) is 25.0. The van der Waals surface area contributed by atoms with Crippen LogP contribution in [0.15, 0.2) is 41.1 Å². The van der Waals surface area contributed by atoms with E-state index in [1.54, 1.807) is 12.1 Å². The van der Waals surface area contributed by atoms with Crippen LogP contribution in [0.5, 0.6) is 0 Å². The van der Waals surface area contributed by atoms with Gasteiger partial charge >= 0.3 is 0 Å². The lowest BCUT2D eigenvalue weighted by molar-refractivity contribution is -0.125. The van der Waals surface area contributed by atoms with Gasteiger partial charge in [-0.05, 0) is 98.3 Å². The lowest BCUT2D eigenvalue weighted by atomic mass is 9.46. The van der Waals surface area contributed by atoms with E-state index in [-0.39, 0.29) is 29.2 Å². The normalized spacial score (nSPS) is 38.2. The number of oxime groups is 1. The summed E-state index contributed by atoms with van der Waals surface area (Å²) in [5.74, 6) is 3.91. The topological polar surface area (TPSA) is 70.9 Å². The van der Waals surface area contributed by atoms with E-state index in [2.05, 4.69) is 36.3 Å². The molecule has 1 aromatic carbocycles. The fourth-order valence-corrected chi connectivity index (χ4v) is 7.92. The summed E-state index contributed by atoms with van der Waals surface area (Å²) in [5.41, 5.74) is 2.18. The number of aliphatic hydroxyl groups is 1. The van der Waals surface area contributed by atoms with E-state index in [0.717, 1.165) is 62.6 Å². The molecule has 0 radical (unpaired) electrons. The van der Waals surface area contributed by atoms with Crippen molar-refractivity contribution in [3.63, 3.8) is 0 Å². The number of allylic oxidation sites excluding steroid dienone is 2. The summed E-state index contributed by atoms with van der Waals surface area (Å²) in [6.45, 7) is 4.82. The van der Waals surface area contributed by atoms with Gasteiger partial charge < -0.3 is 15.3 Å². The molecule has 2 N–H and O–H groups in total. The van der Waals surface area contributed by atoms with Crippen LogP contribution in [0.25, 0.3) is 0 Å². The van der Waals surface area contributed by atoms with E-state index in [1.165, 1.54) is 17.7 Å². The number of hydrogen-bond donors (Lipinski definition) is 2. The molecule has 36 heavy (non-hydrogen) atoms. The van der Waals surface area contributed by atoms with Crippen molar-refractivity contribution < 1.29 is 19.1 Å². The van der Waals surface area contributed by atoms with Gasteiger partial charge in [0.2, 0.25) is 0 Å². The van der Waals surface area contributed by atoms with Gasteiger partial charge in [-0.2, -0.15) is 0 Å². The number of carbonyl (C=O) groups is 1. The van der Waals surface area contributed by atoms with Crippen LogP contribution < -0.4 is 5.32 Å². The van der Waals surface area contributed by atoms with Crippen molar-refractivity contribution in [1.82, 2.24) is 5.32 Å². The zero-order valence-corrected chi connectivity index (χ0v) is 21.4. The maximum atomic E-state index is 13.0. The Hall–Kier alpha value is -2.65. The van der Waals surface area contributed by atoms with Gasteiger partial charge in [0.1, 0.15) is 11.4 Å². The SMILES string of the molecule is C#C[C@@]1(O)CC[C@@H]2[C@@H]3CCC4=CC(=NOCC(=O)NCc5ccc(F)cc5)CC[C@]4(C)[C@H]3CC[C@@]21C. The fourth-order valence-electron chi connectivity index (χ4n) is 7.92. The molecule has 5 nitrogen and oxygen atoms in total. The Morgan fingerprint density at radius 2 is 1.92 bits per heavy atom. The minimum Gasteiger partial charge on any atom is -0.385 e. The second kappa shape index (κ2) is 9.34. The van der Waals surface area contributed by atoms with Crippen molar-refractivity contribution >= 4 is 11.6 Å². The fraction of sp³-hybridized carbons (Fsp3) is 0.600. The number of amides is 1. The van der Waals surface area contributed by atoms with Crippen LogP contribution in [-0.4, -0.2) is 28.9 Å². The van der Waals surface area contributed by atoms with Crippen LogP contribution in [0.2, 0.25) is 0 Å². The van der Waals surface area contributed by atoms with Gasteiger partial charge in [-0.3, -0.25) is 4.79 Å². The lowest BCUT2D eigenvalue weighted by Gasteiger charge is -2.58. The van der Waals surface area contributed by atoms with E-state index >= 15 is 0 Å². The largest absolute Gasteiger partial charge is 0.385 e. The summed E-state index contributed by atoms with van der Waals surface area (Å²) >= 11 is 0. The first-order valence-electron chi connectivity index (χ1n) is 13.3. The molecular formula is C30H37FN2O3. The van der Waals surface area contributed by atoms with E-state index in [4.69, 9.17) is 11.3 Å².